The summed E-state index contributed by atoms with van der Waals surface area (Å²) in [5, 5.41) is 8.86. The minimum atomic E-state index is -4.44. The number of carbonyl (C=O) groups excluding carboxylic acids is 1. The minimum absolute atomic E-state index is 0.0439. The molecule has 0 fully saturated rings. The molecule has 0 unspecified atom stereocenters. The first kappa shape index (κ1) is 27.8. The molecule has 1 amide bonds. The van der Waals surface area contributed by atoms with E-state index in [2.05, 4.69) is 52.7 Å². The number of hydrogen-bond donors (Lipinski definition) is 2. The Morgan fingerprint density at radius 3 is 2.50 bits per heavy atom. The first-order valence-corrected chi connectivity index (χ1v) is 13.5. The third-order valence-electron chi connectivity index (χ3n) is 4.98. The molecular formula is C26H19Br2F3N4O2S. The maximum atomic E-state index is 12.9. The molecule has 3 aromatic carbocycles. The van der Waals surface area contributed by atoms with E-state index in [0.717, 1.165) is 32.2 Å². The van der Waals surface area contributed by atoms with Gasteiger partial charge in [-0.3, -0.25) is 4.79 Å². The van der Waals surface area contributed by atoms with Crippen molar-refractivity contribution in [1.82, 2.24) is 10.4 Å². The summed E-state index contributed by atoms with van der Waals surface area (Å²) in [7, 11) is 0. The second-order valence-corrected chi connectivity index (χ2v) is 10.5. The molecule has 0 aliphatic carbocycles. The quantitative estimate of drug-likeness (QED) is 0.142. The Hall–Kier alpha value is -3.22. The van der Waals surface area contributed by atoms with Crippen molar-refractivity contribution in [2.75, 3.05) is 5.32 Å². The van der Waals surface area contributed by atoms with Gasteiger partial charge in [0.25, 0.3) is 0 Å². The van der Waals surface area contributed by atoms with E-state index < -0.39 is 17.6 Å². The van der Waals surface area contributed by atoms with Crippen LogP contribution in [0, 0.1) is 0 Å². The minimum Gasteiger partial charge on any atom is -0.487 e. The van der Waals surface area contributed by atoms with Gasteiger partial charge in [-0.25, -0.2) is 10.4 Å². The molecule has 4 aromatic rings. The van der Waals surface area contributed by atoms with Gasteiger partial charge in [0.1, 0.15) is 12.4 Å². The van der Waals surface area contributed by atoms with Crippen LogP contribution >= 0.6 is 43.2 Å². The molecule has 0 saturated carbocycles. The highest BCUT2D eigenvalue weighted by Crippen LogP contribution is 2.35. The summed E-state index contributed by atoms with van der Waals surface area (Å²) < 4.78 is 46.1. The summed E-state index contributed by atoms with van der Waals surface area (Å²) in [6.45, 7) is 0.412. The number of thiazole rings is 1. The van der Waals surface area contributed by atoms with Crippen LogP contribution in [0.1, 0.15) is 22.4 Å². The van der Waals surface area contributed by atoms with Gasteiger partial charge >= 0.3 is 6.18 Å². The van der Waals surface area contributed by atoms with Crippen molar-refractivity contribution in [2.24, 2.45) is 5.10 Å². The van der Waals surface area contributed by atoms with Gasteiger partial charge in [-0.1, -0.05) is 36.4 Å². The fourth-order valence-corrected chi connectivity index (χ4v) is 5.43. The number of hydrazone groups is 1. The maximum absolute atomic E-state index is 12.9. The SMILES string of the molecule is O=C(Cc1csc(Nc2cccc(C(F)(F)F)c2)n1)N/N=C\c1cc(Br)c(OCc2ccccc2)c(Br)c1. The summed E-state index contributed by atoms with van der Waals surface area (Å²) in [5.74, 6) is 0.256. The highest BCUT2D eigenvalue weighted by Gasteiger charge is 2.30. The van der Waals surface area contributed by atoms with E-state index in [1.807, 2.05) is 42.5 Å². The van der Waals surface area contributed by atoms with Crippen LogP contribution in [-0.4, -0.2) is 17.1 Å². The molecule has 0 aliphatic rings. The molecule has 196 valence electrons. The number of carbonyl (C=O) groups is 1. The number of rotatable bonds is 9. The van der Waals surface area contributed by atoms with Crippen LogP contribution in [-0.2, 0) is 24.0 Å². The summed E-state index contributed by atoms with van der Waals surface area (Å²) in [4.78, 5) is 16.6. The van der Waals surface area contributed by atoms with E-state index >= 15 is 0 Å². The van der Waals surface area contributed by atoms with Crippen LogP contribution < -0.4 is 15.5 Å². The van der Waals surface area contributed by atoms with E-state index in [1.165, 1.54) is 29.7 Å². The van der Waals surface area contributed by atoms with Crippen molar-refractivity contribution in [1.29, 1.82) is 0 Å². The number of nitrogens with zero attached hydrogens (tertiary/aromatic N) is 2. The number of amides is 1. The van der Waals surface area contributed by atoms with Crippen molar-refractivity contribution in [3.63, 3.8) is 0 Å². The van der Waals surface area contributed by atoms with Gasteiger partial charge in [0.15, 0.2) is 5.13 Å². The Morgan fingerprint density at radius 1 is 1.05 bits per heavy atom. The summed E-state index contributed by atoms with van der Waals surface area (Å²) >= 11 is 8.19. The van der Waals surface area contributed by atoms with E-state index in [0.29, 0.717) is 23.2 Å². The third-order valence-corrected chi connectivity index (χ3v) is 6.97. The lowest BCUT2D eigenvalue weighted by atomic mass is 10.2. The molecule has 12 heteroatoms. The highest BCUT2D eigenvalue weighted by molar-refractivity contribution is 9.11. The van der Waals surface area contributed by atoms with Crippen molar-refractivity contribution in [2.45, 2.75) is 19.2 Å². The highest BCUT2D eigenvalue weighted by atomic mass is 79.9. The molecule has 1 heterocycles. The van der Waals surface area contributed by atoms with Crippen LogP contribution in [0.2, 0.25) is 0 Å². The zero-order chi connectivity index (χ0) is 27.1. The third kappa shape index (κ3) is 7.89. The predicted octanol–water partition coefficient (Wildman–Crippen LogP) is 7.70. The van der Waals surface area contributed by atoms with Crippen LogP contribution in [0.5, 0.6) is 5.75 Å². The number of halogens is 5. The molecular weight excluding hydrogens is 649 g/mol. The molecule has 0 spiro atoms. The smallest absolute Gasteiger partial charge is 0.416 e. The lowest BCUT2D eigenvalue weighted by molar-refractivity contribution is -0.137. The van der Waals surface area contributed by atoms with Crippen molar-refractivity contribution in [3.05, 3.63) is 103 Å². The van der Waals surface area contributed by atoms with Gasteiger partial charge in [-0.2, -0.15) is 18.3 Å². The van der Waals surface area contributed by atoms with Crippen molar-refractivity contribution >= 4 is 66.1 Å². The van der Waals surface area contributed by atoms with Crippen molar-refractivity contribution in [3.8, 4) is 5.75 Å². The fraction of sp³-hybridized carbons (Fsp3) is 0.115. The normalized spacial score (nSPS) is 11.5. The molecule has 0 aliphatic heterocycles. The zero-order valence-corrected chi connectivity index (χ0v) is 23.4. The molecule has 6 nitrogen and oxygen atoms in total. The zero-order valence-electron chi connectivity index (χ0n) is 19.4. The largest absolute Gasteiger partial charge is 0.487 e. The molecule has 38 heavy (non-hydrogen) atoms. The van der Waals surface area contributed by atoms with Crippen LogP contribution in [0.25, 0.3) is 0 Å². The van der Waals surface area contributed by atoms with Gasteiger partial charge in [-0.05, 0) is 73.3 Å². The number of hydrogen-bond acceptors (Lipinski definition) is 6. The van der Waals surface area contributed by atoms with Crippen molar-refractivity contribution < 1.29 is 22.7 Å². The van der Waals surface area contributed by atoms with E-state index in [-0.39, 0.29) is 12.1 Å². The Bertz CT molecular complexity index is 1420. The number of aromatic nitrogens is 1. The van der Waals surface area contributed by atoms with E-state index in [1.54, 1.807) is 5.38 Å². The summed E-state index contributed by atoms with van der Waals surface area (Å²) in [6.07, 6.45) is -2.98. The Kier molecular flexibility index (Phi) is 9.18. The number of anilines is 2. The van der Waals surface area contributed by atoms with Crippen LogP contribution in [0.15, 0.2) is 86.2 Å². The first-order chi connectivity index (χ1) is 18.2. The topological polar surface area (TPSA) is 75.6 Å². The monoisotopic (exact) mass is 666 g/mol. The van der Waals surface area contributed by atoms with Gasteiger partial charge in [0.05, 0.1) is 32.8 Å². The molecule has 0 bridgehead atoms. The molecule has 0 saturated heterocycles. The number of alkyl halides is 3. The average Bonchev–Trinajstić information content (AvgIpc) is 3.30. The van der Waals surface area contributed by atoms with Gasteiger partial charge in [0, 0.05) is 11.1 Å². The summed E-state index contributed by atoms with van der Waals surface area (Å²) in [6, 6.07) is 18.2. The Labute approximate surface area is 237 Å². The van der Waals surface area contributed by atoms with Gasteiger partial charge < -0.3 is 10.1 Å². The molecule has 1 aromatic heterocycles. The number of benzene rings is 3. The fourth-order valence-electron chi connectivity index (χ4n) is 3.25. The molecule has 0 radical (unpaired) electrons. The predicted molar refractivity (Wildman–Crippen MR) is 149 cm³/mol. The maximum Gasteiger partial charge on any atom is 0.416 e. The second-order valence-electron chi connectivity index (χ2n) is 7.91. The van der Waals surface area contributed by atoms with Crippen LogP contribution in [0.4, 0.5) is 24.0 Å². The molecule has 4 rings (SSSR count). The van der Waals surface area contributed by atoms with Gasteiger partial charge in [0.2, 0.25) is 5.91 Å². The summed E-state index contributed by atoms with van der Waals surface area (Å²) in [5.41, 5.74) is 4.17. The Balaban J connectivity index is 1.30. The van der Waals surface area contributed by atoms with E-state index in [4.69, 9.17) is 4.74 Å². The average molecular weight is 668 g/mol. The molecule has 2 N–H and O–H groups in total. The lowest BCUT2D eigenvalue weighted by Crippen LogP contribution is -2.19. The lowest BCUT2D eigenvalue weighted by Gasteiger charge is -2.11. The van der Waals surface area contributed by atoms with E-state index in [9.17, 15) is 18.0 Å². The second kappa shape index (κ2) is 12.5. The first-order valence-electron chi connectivity index (χ1n) is 11.0. The van der Waals surface area contributed by atoms with Gasteiger partial charge in [-0.15, -0.1) is 11.3 Å². The van der Waals surface area contributed by atoms with Crippen LogP contribution in [0.3, 0.4) is 0 Å². The molecule has 0 atom stereocenters. The number of ether oxygens (including phenoxy) is 1. The Morgan fingerprint density at radius 2 is 1.79 bits per heavy atom. The number of nitrogens with one attached hydrogen (secondary N) is 2. The standard InChI is InChI=1S/C26H19Br2F3N4O2S/c27-21-9-17(10-22(28)24(21)37-14-16-5-2-1-3-6-16)13-32-35-23(36)12-20-15-38-25(34-20)33-19-8-4-7-18(11-19)26(29,30)31/h1-11,13,15H,12,14H2,(H,33,34)(H,35,36)/b32-13-.